The molecule has 1 saturated heterocycles. The normalized spacial score (nSPS) is 23.2. The number of carbonyl (C=O) groups excluding carboxylic acids is 2. The molecule has 10 heteroatoms. The summed E-state index contributed by atoms with van der Waals surface area (Å²) in [5, 5.41) is 19.2. The number of nitrogens with zero attached hydrogens (tertiary/aromatic N) is 1. The summed E-state index contributed by atoms with van der Waals surface area (Å²) in [4.78, 5) is 28.4. The van der Waals surface area contributed by atoms with Gasteiger partial charge in [0.25, 0.3) is 0 Å². The van der Waals surface area contributed by atoms with Gasteiger partial charge < -0.3 is 20.7 Å². The third kappa shape index (κ3) is 5.14. The fourth-order valence-corrected chi connectivity index (χ4v) is 6.65. The lowest BCUT2D eigenvalue weighted by Crippen LogP contribution is -2.49. The van der Waals surface area contributed by atoms with Crippen LogP contribution in [-0.4, -0.2) is 31.0 Å². The third-order valence-electron chi connectivity index (χ3n) is 7.74. The van der Waals surface area contributed by atoms with Crippen molar-refractivity contribution in [2.24, 2.45) is 5.41 Å². The van der Waals surface area contributed by atoms with Crippen LogP contribution in [0.2, 0.25) is 10.0 Å². The number of anilines is 2. The van der Waals surface area contributed by atoms with Crippen molar-refractivity contribution in [2.75, 3.05) is 17.7 Å². The van der Waals surface area contributed by atoms with Crippen molar-refractivity contribution in [3.63, 3.8) is 0 Å². The van der Waals surface area contributed by atoms with Crippen LogP contribution < -0.4 is 20.7 Å². The molecule has 2 heterocycles. The van der Waals surface area contributed by atoms with Crippen LogP contribution in [0.1, 0.15) is 49.8 Å². The lowest BCUT2D eigenvalue weighted by Gasteiger charge is -2.37. The molecule has 1 fully saturated rings. The first-order valence-corrected chi connectivity index (χ1v) is 13.9. The number of ether oxygens (including phenoxy) is 1. The van der Waals surface area contributed by atoms with E-state index in [0.29, 0.717) is 45.3 Å². The standard InChI is InChI=1S/C31H29Cl2FN4O3/c1-30(2,3)14-25-31(21-7-6-18(32)13-23(21)37-29(31)40)26(17-10-19(33)12-20(34)11-17)27(38-25)28(39)36-22-8-5-16(15-35)9-24(22)41-4/h5-13,25-27,38H,14H2,1-4H3,(H,36,39)(H,37,40)/t25-,26?,27+,31+/m0/s1. The van der Waals surface area contributed by atoms with Gasteiger partial charge in [-0.25, -0.2) is 4.39 Å². The van der Waals surface area contributed by atoms with Crippen LogP contribution in [-0.2, 0) is 15.0 Å². The van der Waals surface area contributed by atoms with Crippen LogP contribution in [0.4, 0.5) is 15.8 Å². The highest BCUT2D eigenvalue weighted by molar-refractivity contribution is 6.31. The lowest BCUT2D eigenvalue weighted by atomic mass is 9.62. The molecule has 0 aromatic heterocycles. The number of nitrogens with one attached hydrogen (secondary N) is 3. The number of benzene rings is 3. The highest BCUT2D eigenvalue weighted by Crippen LogP contribution is 2.57. The monoisotopic (exact) mass is 594 g/mol. The molecule has 5 rings (SSSR count). The lowest BCUT2D eigenvalue weighted by molar-refractivity contribution is -0.122. The molecule has 2 amide bonds. The number of fused-ring (bicyclic) bond motifs is 2. The molecule has 0 saturated carbocycles. The summed E-state index contributed by atoms with van der Waals surface area (Å²) in [6.07, 6.45) is 0.520. The fraction of sp³-hybridized carbons (Fsp3) is 0.323. The van der Waals surface area contributed by atoms with Gasteiger partial charge in [0.15, 0.2) is 0 Å². The van der Waals surface area contributed by atoms with E-state index in [2.05, 4.69) is 36.7 Å². The average molecular weight is 596 g/mol. The summed E-state index contributed by atoms with van der Waals surface area (Å²) in [5.74, 6) is -1.89. The highest BCUT2D eigenvalue weighted by atomic mass is 35.5. The summed E-state index contributed by atoms with van der Waals surface area (Å²) in [7, 11) is 1.44. The summed E-state index contributed by atoms with van der Waals surface area (Å²) in [6.45, 7) is 6.17. The Bertz CT molecular complexity index is 1580. The molecule has 1 unspecified atom stereocenters. The van der Waals surface area contributed by atoms with Gasteiger partial charge in [-0.2, -0.15) is 5.26 Å². The van der Waals surface area contributed by atoms with E-state index in [0.717, 1.165) is 0 Å². The largest absolute Gasteiger partial charge is 0.495 e. The van der Waals surface area contributed by atoms with E-state index in [-0.39, 0.29) is 16.3 Å². The molecule has 4 atom stereocenters. The van der Waals surface area contributed by atoms with E-state index in [1.807, 2.05) is 6.07 Å². The van der Waals surface area contributed by atoms with E-state index >= 15 is 0 Å². The average Bonchev–Trinajstić information content (AvgIpc) is 3.37. The second kappa shape index (κ2) is 10.6. The Morgan fingerprint density at radius 3 is 2.54 bits per heavy atom. The predicted molar refractivity (Wildman–Crippen MR) is 157 cm³/mol. The Kier molecular flexibility index (Phi) is 7.49. The fourth-order valence-electron chi connectivity index (χ4n) is 6.25. The Morgan fingerprint density at radius 1 is 1.12 bits per heavy atom. The van der Waals surface area contributed by atoms with Gasteiger partial charge in [-0.15, -0.1) is 0 Å². The number of carbonyl (C=O) groups is 2. The Hall–Kier alpha value is -3.64. The molecule has 3 aromatic rings. The van der Waals surface area contributed by atoms with Crippen molar-refractivity contribution < 1.29 is 18.7 Å². The first-order valence-electron chi connectivity index (χ1n) is 13.1. The van der Waals surface area contributed by atoms with E-state index in [1.54, 1.807) is 36.4 Å². The van der Waals surface area contributed by atoms with Gasteiger partial charge in [0.2, 0.25) is 11.8 Å². The van der Waals surface area contributed by atoms with Gasteiger partial charge in [-0.05, 0) is 65.4 Å². The minimum Gasteiger partial charge on any atom is -0.495 e. The Balaban J connectivity index is 1.71. The minimum absolute atomic E-state index is 0.150. The Labute approximate surface area is 248 Å². The number of amides is 2. The van der Waals surface area contributed by atoms with Crippen molar-refractivity contribution >= 4 is 46.4 Å². The molecule has 212 valence electrons. The van der Waals surface area contributed by atoms with Crippen molar-refractivity contribution in [1.29, 1.82) is 5.26 Å². The quantitative estimate of drug-likeness (QED) is 0.317. The number of hydrogen-bond donors (Lipinski definition) is 3. The van der Waals surface area contributed by atoms with Crippen LogP contribution in [0.3, 0.4) is 0 Å². The van der Waals surface area contributed by atoms with E-state index in [4.69, 9.17) is 27.9 Å². The molecule has 2 aliphatic heterocycles. The first kappa shape index (κ1) is 28.9. The number of rotatable bonds is 5. The molecule has 3 N–H and O–H groups in total. The van der Waals surface area contributed by atoms with Gasteiger partial charge in [0.05, 0.1) is 30.5 Å². The Morgan fingerprint density at radius 2 is 1.88 bits per heavy atom. The molecule has 0 bridgehead atoms. The van der Waals surface area contributed by atoms with Crippen molar-refractivity contribution in [2.45, 2.75) is 50.6 Å². The van der Waals surface area contributed by atoms with Crippen LogP contribution in [0.15, 0.2) is 54.6 Å². The number of methoxy groups -OCH3 is 1. The molecular weight excluding hydrogens is 566 g/mol. The summed E-state index contributed by atoms with van der Waals surface area (Å²) >= 11 is 12.6. The van der Waals surface area contributed by atoms with Gasteiger partial charge in [-0.3, -0.25) is 9.59 Å². The zero-order chi connectivity index (χ0) is 29.7. The zero-order valence-corrected chi connectivity index (χ0v) is 24.5. The van der Waals surface area contributed by atoms with Crippen LogP contribution in [0, 0.1) is 22.6 Å². The van der Waals surface area contributed by atoms with Crippen LogP contribution in [0.5, 0.6) is 5.75 Å². The van der Waals surface area contributed by atoms with Gasteiger partial charge in [0.1, 0.15) is 17.0 Å². The van der Waals surface area contributed by atoms with Crippen molar-refractivity contribution in [1.82, 2.24) is 5.32 Å². The SMILES string of the molecule is COc1cc(C#N)ccc1NC(=O)[C@@H]1N[C@@H](CC(C)(C)C)[C@@]2(C(=O)Nc3cc(Cl)ccc32)C1c1cc(F)cc(Cl)c1. The van der Waals surface area contributed by atoms with E-state index in [1.165, 1.54) is 25.3 Å². The third-order valence-corrected chi connectivity index (χ3v) is 8.19. The van der Waals surface area contributed by atoms with Gasteiger partial charge in [-0.1, -0.05) is 50.0 Å². The first-order chi connectivity index (χ1) is 19.4. The highest BCUT2D eigenvalue weighted by Gasteiger charge is 2.65. The molecule has 41 heavy (non-hydrogen) atoms. The molecule has 7 nitrogen and oxygen atoms in total. The second-order valence-corrected chi connectivity index (χ2v) is 12.5. The van der Waals surface area contributed by atoms with E-state index < -0.39 is 35.1 Å². The van der Waals surface area contributed by atoms with Crippen molar-refractivity contribution in [3.05, 3.63) is 87.2 Å². The smallest absolute Gasteiger partial charge is 0.242 e. The van der Waals surface area contributed by atoms with Crippen LogP contribution in [0.25, 0.3) is 0 Å². The maximum atomic E-state index is 14.8. The molecule has 2 aliphatic rings. The molecule has 0 aliphatic carbocycles. The second-order valence-electron chi connectivity index (χ2n) is 11.7. The molecule has 0 radical (unpaired) electrons. The summed E-state index contributed by atoms with van der Waals surface area (Å²) in [6, 6.07) is 14.5. The summed E-state index contributed by atoms with van der Waals surface area (Å²) in [5.41, 5.74) is 0.811. The maximum Gasteiger partial charge on any atom is 0.242 e. The number of nitriles is 1. The van der Waals surface area contributed by atoms with E-state index in [9.17, 15) is 19.2 Å². The zero-order valence-electron chi connectivity index (χ0n) is 22.9. The number of halogens is 3. The van der Waals surface area contributed by atoms with Crippen molar-refractivity contribution in [3.8, 4) is 11.8 Å². The minimum atomic E-state index is -1.29. The summed E-state index contributed by atoms with van der Waals surface area (Å²) < 4.78 is 20.3. The molecular formula is C31H29Cl2FN4O3. The topological polar surface area (TPSA) is 103 Å². The van der Waals surface area contributed by atoms with Gasteiger partial charge >= 0.3 is 0 Å². The maximum absolute atomic E-state index is 14.8. The predicted octanol–water partition coefficient (Wildman–Crippen LogP) is 6.40. The number of hydrogen-bond acceptors (Lipinski definition) is 5. The van der Waals surface area contributed by atoms with Gasteiger partial charge in [0, 0.05) is 33.8 Å². The van der Waals surface area contributed by atoms with Crippen LogP contribution >= 0.6 is 23.2 Å². The molecule has 1 spiro atoms. The molecule has 3 aromatic carbocycles.